The summed E-state index contributed by atoms with van der Waals surface area (Å²) in [6.07, 6.45) is 6.92. The van der Waals surface area contributed by atoms with Gasteiger partial charge in [0.2, 0.25) is 11.8 Å². The Labute approximate surface area is 187 Å². The molecule has 0 bridgehead atoms. The highest BCUT2D eigenvalue weighted by Crippen LogP contribution is 2.33. The summed E-state index contributed by atoms with van der Waals surface area (Å²) in [7, 11) is 1.70. The van der Waals surface area contributed by atoms with Gasteiger partial charge >= 0.3 is 5.97 Å². The zero-order valence-electron chi connectivity index (χ0n) is 20.3. The number of hydrogen-bond donors (Lipinski definition) is 2. The van der Waals surface area contributed by atoms with Crippen LogP contribution in [0.2, 0.25) is 0 Å². The minimum absolute atomic E-state index is 0.0308. The summed E-state index contributed by atoms with van der Waals surface area (Å²) < 4.78 is 0. The number of aliphatic carboxylic acids is 1. The van der Waals surface area contributed by atoms with Crippen molar-refractivity contribution in [2.45, 2.75) is 97.8 Å². The number of carbonyl (C=O) groups excluding carboxylic acids is 2. The largest absolute Gasteiger partial charge is 0.478 e. The smallest absolute Gasteiger partial charge is 0.331 e. The molecule has 7 heteroatoms. The molecule has 0 spiro atoms. The van der Waals surface area contributed by atoms with Crippen LogP contribution < -0.4 is 5.32 Å². The molecule has 0 aromatic carbocycles. The van der Waals surface area contributed by atoms with Crippen molar-refractivity contribution < 1.29 is 19.5 Å². The first-order valence-electron chi connectivity index (χ1n) is 11.6. The highest BCUT2D eigenvalue weighted by Gasteiger charge is 2.42. The van der Waals surface area contributed by atoms with Crippen LogP contribution in [0.4, 0.5) is 0 Å². The van der Waals surface area contributed by atoms with E-state index in [4.69, 9.17) is 0 Å². The summed E-state index contributed by atoms with van der Waals surface area (Å²) in [4.78, 5) is 42.1. The van der Waals surface area contributed by atoms with Gasteiger partial charge < -0.3 is 15.3 Å². The maximum atomic E-state index is 13.6. The van der Waals surface area contributed by atoms with Gasteiger partial charge in [0, 0.05) is 18.7 Å². The van der Waals surface area contributed by atoms with Crippen LogP contribution in [0.3, 0.4) is 0 Å². The fourth-order valence-corrected chi connectivity index (χ4v) is 4.40. The van der Waals surface area contributed by atoms with Gasteiger partial charge in [-0.15, -0.1) is 0 Å². The first-order chi connectivity index (χ1) is 14.3. The van der Waals surface area contributed by atoms with Crippen LogP contribution in [0.15, 0.2) is 11.6 Å². The summed E-state index contributed by atoms with van der Waals surface area (Å²) in [5.74, 6) is -1.22. The molecule has 1 aliphatic carbocycles. The highest BCUT2D eigenvalue weighted by atomic mass is 16.4. The van der Waals surface area contributed by atoms with Crippen LogP contribution in [0.1, 0.15) is 73.6 Å². The Morgan fingerprint density at radius 1 is 1.13 bits per heavy atom. The Kier molecular flexibility index (Phi) is 8.31. The van der Waals surface area contributed by atoms with Gasteiger partial charge in [-0.2, -0.15) is 0 Å². The van der Waals surface area contributed by atoms with E-state index in [1.54, 1.807) is 18.0 Å². The summed E-state index contributed by atoms with van der Waals surface area (Å²) in [5.41, 5.74) is -0.273. The quantitative estimate of drug-likeness (QED) is 0.572. The Morgan fingerprint density at radius 3 is 2.23 bits per heavy atom. The molecule has 0 aromatic heterocycles. The molecule has 1 heterocycles. The number of likely N-dealkylation sites (N-methyl/N-ethyl adjacent to an activating group) is 1. The van der Waals surface area contributed by atoms with E-state index < -0.39 is 17.4 Å². The molecule has 2 aliphatic rings. The lowest BCUT2D eigenvalue weighted by Gasteiger charge is -2.40. The molecular weight excluding hydrogens is 394 g/mol. The minimum atomic E-state index is -0.996. The van der Waals surface area contributed by atoms with Crippen molar-refractivity contribution in [3.8, 4) is 0 Å². The zero-order valence-corrected chi connectivity index (χ0v) is 20.3. The molecule has 2 rings (SSSR count). The van der Waals surface area contributed by atoms with Crippen LogP contribution in [-0.4, -0.2) is 70.4 Å². The van der Waals surface area contributed by atoms with E-state index in [0.717, 1.165) is 38.6 Å². The number of amides is 2. The summed E-state index contributed by atoms with van der Waals surface area (Å²) >= 11 is 0. The molecule has 0 radical (unpaired) electrons. The van der Waals surface area contributed by atoms with E-state index in [9.17, 15) is 19.5 Å². The molecule has 3 atom stereocenters. The van der Waals surface area contributed by atoms with Crippen molar-refractivity contribution in [2.75, 3.05) is 13.6 Å². The average Bonchev–Trinajstić information content (AvgIpc) is 3.52. The van der Waals surface area contributed by atoms with Gasteiger partial charge in [-0.25, -0.2) is 4.79 Å². The molecular formula is C24H41N3O4. The molecule has 2 unspecified atom stereocenters. The average molecular weight is 436 g/mol. The molecule has 2 fully saturated rings. The molecule has 0 aromatic rings. The van der Waals surface area contributed by atoms with Crippen LogP contribution in [-0.2, 0) is 14.4 Å². The number of carbonyl (C=O) groups is 3. The Balaban J connectivity index is 2.22. The van der Waals surface area contributed by atoms with Crippen molar-refractivity contribution in [3.05, 3.63) is 11.6 Å². The molecule has 1 aliphatic heterocycles. The van der Waals surface area contributed by atoms with E-state index >= 15 is 0 Å². The predicted molar refractivity (Wildman–Crippen MR) is 122 cm³/mol. The van der Waals surface area contributed by atoms with E-state index in [-0.39, 0.29) is 35.4 Å². The van der Waals surface area contributed by atoms with E-state index in [2.05, 4.69) is 10.2 Å². The third kappa shape index (κ3) is 6.55. The number of rotatable bonds is 8. The summed E-state index contributed by atoms with van der Waals surface area (Å²) in [6, 6.07) is -0.716. The van der Waals surface area contributed by atoms with Crippen molar-refractivity contribution in [1.29, 1.82) is 0 Å². The van der Waals surface area contributed by atoms with Crippen molar-refractivity contribution in [3.63, 3.8) is 0 Å². The first kappa shape index (κ1) is 25.4. The Hall–Kier alpha value is -1.89. The minimum Gasteiger partial charge on any atom is -0.478 e. The summed E-state index contributed by atoms with van der Waals surface area (Å²) in [5, 5.41) is 12.4. The number of carboxylic acid groups (broad SMARTS) is 1. The maximum Gasteiger partial charge on any atom is 0.331 e. The third-order valence-corrected chi connectivity index (χ3v) is 6.50. The number of nitrogens with one attached hydrogen (secondary N) is 1. The first-order valence-corrected chi connectivity index (χ1v) is 11.6. The highest BCUT2D eigenvalue weighted by molar-refractivity contribution is 5.91. The zero-order chi connectivity index (χ0) is 23.5. The molecule has 1 saturated carbocycles. The molecule has 1 saturated heterocycles. The van der Waals surface area contributed by atoms with Gasteiger partial charge in [0.15, 0.2) is 0 Å². The lowest BCUT2D eigenvalue weighted by atomic mass is 9.84. The standard InChI is InChI=1S/C24H41N3O4/c1-15(2)19(14-16(3)23(30)31)26(7)22(29)20(24(4,5)6)25-21(28)18-10-8-9-13-27(18)17-11-12-17/h14-15,17-20H,8-13H2,1-7H3,(H,25,28)(H,30,31)/b16-14+/t18?,19-,20?/m1/s1. The Bertz CT molecular complexity index is 706. The predicted octanol–water partition coefficient (Wildman–Crippen LogP) is 3.05. The Morgan fingerprint density at radius 2 is 1.74 bits per heavy atom. The SMILES string of the molecule is C/C(=C\[C@H](C(C)C)N(C)C(=O)C(NC(=O)C1CCCCN1C1CC1)C(C)(C)C)C(=O)O. The van der Waals surface area contributed by atoms with Crippen LogP contribution in [0.5, 0.6) is 0 Å². The second kappa shape index (κ2) is 10.2. The number of nitrogens with zero attached hydrogens (tertiary/aromatic N) is 2. The summed E-state index contributed by atoms with van der Waals surface area (Å²) in [6.45, 7) is 12.3. The normalized spacial score (nSPS) is 22.7. The molecule has 2 N–H and O–H groups in total. The second-order valence-electron chi connectivity index (χ2n) is 10.6. The third-order valence-electron chi connectivity index (χ3n) is 6.50. The van der Waals surface area contributed by atoms with Gasteiger partial charge in [0.05, 0.1) is 12.1 Å². The van der Waals surface area contributed by atoms with Crippen LogP contribution in [0, 0.1) is 11.3 Å². The lowest BCUT2D eigenvalue weighted by Crippen LogP contribution is -2.60. The van der Waals surface area contributed by atoms with E-state index in [1.165, 1.54) is 6.92 Å². The maximum absolute atomic E-state index is 13.6. The topological polar surface area (TPSA) is 90.0 Å². The van der Waals surface area contributed by atoms with Gasteiger partial charge in [0.25, 0.3) is 0 Å². The fourth-order valence-electron chi connectivity index (χ4n) is 4.40. The van der Waals surface area contributed by atoms with Crippen molar-refractivity contribution >= 4 is 17.8 Å². The monoisotopic (exact) mass is 435 g/mol. The molecule has 176 valence electrons. The number of piperidine rings is 1. The van der Waals surface area contributed by atoms with Gasteiger partial charge in [0.1, 0.15) is 6.04 Å². The lowest BCUT2D eigenvalue weighted by molar-refractivity contribution is -0.142. The molecule has 7 nitrogen and oxygen atoms in total. The number of likely N-dealkylation sites (tertiary alicyclic amines) is 1. The van der Waals surface area contributed by atoms with Gasteiger partial charge in [-0.3, -0.25) is 14.5 Å². The van der Waals surface area contributed by atoms with E-state index in [1.807, 2.05) is 34.6 Å². The number of carboxylic acids is 1. The van der Waals surface area contributed by atoms with E-state index in [0.29, 0.717) is 6.04 Å². The molecule has 31 heavy (non-hydrogen) atoms. The van der Waals surface area contributed by atoms with Crippen LogP contribution in [0.25, 0.3) is 0 Å². The van der Waals surface area contributed by atoms with Crippen molar-refractivity contribution in [2.24, 2.45) is 11.3 Å². The second-order valence-corrected chi connectivity index (χ2v) is 10.6. The number of hydrogen-bond acceptors (Lipinski definition) is 4. The molecule has 2 amide bonds. The van der Waals surface area contributed by atoms with Gasteiger partial charge in [-0.05, 0) is 50.5 Å². The van der Waals surface area contributed by atoms with Gasteiger partial charge in [-0.1, -0.05) is 47.1 Å². The fraction of sp³-hybridized carbons (Fsp3) is 0.792. The van der Waals surface area contributed by atoms with Crippen molar-refractivity contribution in [1.82, 2.24) is 15.1 Å². The van der Waals surface area contributed by atoms with Crippen LogP contribution >= 0.6 is 0 Å².